The lowest BCUT2D eigenvalue weighted by Crippen LogP contribution is -2.37. The Kier molecular flexibility index (Phi) is 6.70. The summed E-state index contributed by atoms with van der Waals surface area (Å²) < 4.78 is 28.4. The molecule has 154 valence electrons. The molecule has 0 spiro atoms. The minimum Gasteiger partial charge on any atom is -0.449 e. The van der Waals surface area contributed by atoms with Gasteiger partial charge >= 0.3 is 5.97 Å². The van der Waals surface area contributed by atoms with Crippen LogP contribution in [0.2, 0.25) is 0 Å². The van der Waals surface area contributed by atoms with E-state index in [2.05, 4.69) is 5.32 Å². The van der Waals surface area contributed by atoms with Gasteiger partial charge in [-0.3, -0.25) is 14.9 Å². The van der Waals surface area contributed by atoms with Gasteiger partial charge in [0, 0.05) is 12.3 Å². The number of nitro groups is 1. The van der Waals surface area contributed by atoms with Crippen molar-refractivity contribution in [1.82, 2.24) is 5.32 Å². The fraction of sp³-hybridized carbons (Fsp3) is 0.263. The lowest BCUT2D eigenvalue weighted by Gasteiger charge is -2.18. The van der Waals surface area contributed by atoms with Crippen LogP contribution in [-0.4, -0.2) is 37.6 Å². The molecule has 0 heterocycles. The summed E-state index contributed by atoms with van der Waals surface area (Å²) in [7, 11) is -3.86. The molecule has 0 unspecified atom stereocenters. The van der Waals surface area contributed by atoms with Gasteiger partial charge < -0.3 is 10.1 Å². The first-order chi connectivity index (χ1) is 13.5. The minimum absolute atomic E-state index is 0.236. The number of nitro benzene ring substituents is 1. The fourth-order valence-corrected chi connectivity index (χ4v) is 3.37. The van der Waals surface area contributed by atoms with E-state index < -0.39 is 43.3 Å². The maximum Gasteiger partial charge on any atom is 0.339 e. The zero-order chi connectivity index (χ0) is 21.8. The molecule has 2 atom stereocenters. The monoisotopic (exact) mass is 420 g/mol. The van der Waals surface area contributed by atoms with Crippen molar-refractivity contribution in [2.24, 2.45) is 0 Å². The third kappa shape index (κ3) is 5.61. The van der Waals surface area contributed by atoms with Crippen molar-refractivity contribution >= 4 is 27.4 Å². The topological polar surface area (TPSA) is 133 Å². The highest BCUT2D eigenvalue weighted by atomic mass is 32.2. The van der Waals surface area contributed by atoms with Gasteiger partial charge in [-0.1, -0.05) is 30.3 Å². The third-order valence-electron chi connectivity index (χ3n) is 4.10. The molecule has 0 saturated heterocycles. The van der Waals surface area contributed by atoms with E-state index in [1.54, 1.807) is 6.92 Å². The number of hydrogen-bond donors (Lipinski definition) is 1. The quantitative estimate of drug-likeness (QED) is 0.413. The summed E-state index contributed by atoms with van der Waals surface area (Å²) in [6.45, 7) is 3.14. The number of carbonyl (C=O) groups excluding carboxylic acids is 2. The van der Waals surface area contributed by atoms with Crippen molar-refractivity contribution in [1.29, 1.82) is 0 Å². The number of rotatable bonds is 7. The summed E-state index contributed by atoms with van der Waals surface area (Å²) in [5.41, 5.74) is -0.108. The Labute approximate surface area is 167 Å². The molecule has 0 aliphatic heterocycles. The first-order valence-corrected chi connectivity index (χ1v) is 10.4. The van der Waals surface area contributed by atoms with Gasteiger partial charge in [0.25, 0.3) is 11.6 Å². The van der Waals surface area contributed by atoms with E-state index in [1.165, 1.54) is 6.92 Å². The second-order valence-electron chi connectivity index (χ2n) is 6.40. The van der Waals surface area contributed by atoms with E-state index in [4.69, 9.17) is 4.74 Å². The summed E-state index contributed by atoms with van der Waals surface area (Å²) in [5.74, 6) is -1.53. The Hall–Kier alpha value is -3.27. The lowest BCUT2D eigenvalue weighted by atomic mass is 10.1. The Morgan fingerprint density at radius 1 is 1.10 bits per heavy atom. The molecule has 1 amide bonds. The van der Waals surface area contributed by atoms with Gasteiger partial charge in [-0.15, -0.1) is 0 Å². The Morgan fingerprint density at radius 2 is 1.72 bits per heavy atom. The molecule has 2 rings (SSSR count). The summed E-state index contributed by atoms with van der Waals surface area (Å²) in [6.07, 6.45) is -0.338. The molecule has 2 aromatic rings. The average Bonchev–Trinajstić information content (AvgIpc) is 2.67. The number of benzene rings is 2. The van der Waals surface area contributed by atoms with Crippen LogP contribution in [0.15, 0.2) is 53.4 Å². The second-order valence-corrected chi connectivity index (χ2v) is 8.38. The number of sulfone groups is 1. The van der Waals surface area contributed by atoms with Crippen LogP contribution in [-0.2, 0) is 19.4 Å². The predicted molar refractivity (Wildman–Crippen MR) is 104 cm³/mol. The van der Waals surface area contributed by atoms with Gasteiger partial charge in [0.05, 0.1) is 16.5 Å². The molecule has 10 heteroatoms. The number of amides is 1. The number of ether oxygens (including phenoxy) is 1. The molecule has 0 fully saturated rings. The molecular formula is C19H20N2O7S. The predicted octanol–water partition coefficient (Wildman–Crippen LogP) is 2.42. The van der Waals surface area contributed by atoms with Crippen molar-refractivity contribution in [2.45, 2.75) is 30.9 Å². The maximum atomic E-state index is 12.3. The summed E-state index contributed by atoms with van der Waals surface area (Å²) in [4.78, 5) is 34.3. The molecule has 0 aliphatic carbocycles. The molecule has 0 aromatic heterocycles. The smallest absolute Gasteiger partial charge is 0.339 e. The number of nitrogens with one attached hydrogen (secondary N) is 1. The molecule has 1 N–H and O–H groups in total. The highest BCUT2D eigenvalue weighted by Crippen LogP contribution is 2.25. The largest absolute Gasteiger partial charge is 0.449 e. The highest BCUT2D eigenvalue weighted by molar-refractivity contribution is 7.90. The first-order valence-electron chi connectivity index (χ1n) is 8.55. The second kappa shape index (κ2) is 8.82. The molecular weight excluding hydrogens is 400 g/mol. The zero-order valence-electron chi connectivity index (χ0n) is 16.0. The van der Waals surface area contributed by atoms with Gasteiger partial charge in [-0.25, -0.2) is 13.2 Å². The summed E-state index contributed by atoms with van der Waals surface area (Å²) in [5, 5.41) is 13.9. The standard InChI is InChI=1S/C19H20N2O7S/c1-12(14-7-5-4-6-8-14)20-18(22)13(2)28-19(23)15-9-10-17(29(3,26)27)16(11-15)21(24)25/h4-13H,1-3H3,(H,20,22)/t12-,13+/m1/s1. The molecule has 29 heavy (non-hydrogen) atoms. The van der Waals surface area contributed by atoms with Crippen molar-refractivity contribution in [3.63, 3.8) is 0 Å². The van der Waals surface area contributed by atoms with Gasteiger partial charge in [0.15, 0.2) is 15.9 Å². The van der Waals surface area contributed by atoms with Crippen molar-refractivity contribution in [2.75, 3.05) is 6.26 Å². The molecule has 9 nitrogen and oxygen atoms in total. The van der Waals surface area contributed by atoms with Crippen LogP contribution in [0, 0.1) is 10.1 Å². The van der Waals surface area contributed by atoms with Crippen molar-refractivity contribution in [3.05, 3.63) is 69.8 Å². The molecule has 0 radical (unpaired) electrons. The Bertz CT molecular complexity index is 1040. The van der Waals surface area contributed by atoms with E-state index in [0.717, 1.165) is 30.0 Å². The molecule has 0 bridgehead atoms. The van der Waals surface area contributed by atoms with Crippen LogP contribution >= 0.6 is 0 Å². The molecule has 2 aromatic carbocycles. The Morgan fingerprint density at radius 3 is 2.28 bits per heavy atom. The van der Waals surface area contributed by atoms with Gasteiger partial charge in [-0.05, 0) is 31.5 Å². The maximum absolute atomic E-state index is 12.3. The summed E-state index contributed by atoms with van der Waals surface area (Å²) in [6, 6.07) is 11.7. The van der Waals surface area contributed by atoms with Crippen LogP contribution in [0.3, 0.4) is 0 Å². The van der Waals surface area contributed by atoms with E-state index >= 15 is 0 Å². The van der Waals surface area contributed by atoms with Gasteiger partial charge in [0.1, 0.15) is 4.90 Å². The molecule has 0 saturated carbocycles. The number of hydrogen-bond acceptors (Lipinski definition) is 7. The lowest BCUT2D eigenvalue weighted by molar-refractivity contribution is -0.387. The minimum atomic E-state index is -3.86. The SMILES string of the molecule is C[C@H](OC(=O)c1ccc(S(C)(=O)=O)c([N+](=O)[O-])c1)C(=O)N[C@H](C)c1ccccc1. The van der Waals surface area contributed by atoms with Crippen LogP contribution in [0.4, 0.5) is 5.69 Å². The van der Waals surface area contributed by atoms with Crippen LogP contribution < -0.4 is 5.32 Å². The summed E-state index contributed by atoms with van der Waals surface area (Å²) >= 11 is 0. The normalized spacial score (nSPS) is 13.2. The Balaban J connectivity index is 2.12. The molecule has 0 aliphatic rings. The van der Waals surface area contributed by atoms with Crippen LogP contribution in [0.25, 0.3) is 0 Å². The van der Waals surface area contributed by atoms with E-state index in [-0.39, 0.29) is 11.6 Å². The van der Waals surface area contributed by atoms with Crippen LogP contribution in [0.5, 0.6) is 0 Å². The highest BCUT2D eigenvalue weighted by Gasteiger charge is 2.26. The number of esters is 1. The number of carbonyl (C=O) groups is 2. The first kappa shape index (κ1) is 22.0. The van der Waals surface area contributed by atoms with Crippen molar-refractivity contribution < 1.29 is 27.7 Å². The van der Waals surface area contributed by atoms with Crippen molar-refractivity contribution in [3.8, 4) is 0 Å². The average molecular weight is 420 g/mol. The van der Waals surface area contributed by atoms with Gasteiger partial charge in [-0.2, -0.15) is 0 Å². The zero-order valence-corrected chi connectivity index (χ0v) is 16.8. The fourth-order valence-electron chi connectivity index (χ4n) is 2.54. The van der Waals surface area contributed by atoms with E-state index in [1.807, 2.05) is 30.3 Å². The van der Waals surface area contributed by atoms with E-state index in [9.17, 15) is 28.1 Å². The number of nitrogens with zero attached hydrogens (tertiary/aromatic N) is 1. The van der Waals surface area contributed by atoms with Crippen LogP contribution in [0.1, 0.15) is 35.8 Å². The van der Waals surface area contributed by atoms with Gasteiger partial charge in [0.2, 0.25) is 0 Å². The van der Waals surface area contributed by atoms with E-state index in [0.29, 0.717) is 0 Å². The third-order valence-corrected chi connectivity index (χ3v) is 5.25.